The molecule has 1 heterocycles. The van der Waals surface area contributed by atoms with E-state index in [-0.39, 0.29) is 18.9 Å². The number of benzene rings is 2. The van der Waals surface area contributed by atoms with Gasteiger partial charge in [0, 0.05) is 25.4 Å². The Kier molecular flexibility index (Phi) is 6.51. The van der Waals surface area contributed by atoms with E-state index >= 15 is 0 Å². The van der Waals surface area contributed by atoms with Crippen molar-refractivity contribution in [1.82, 2.24) is 15.6 Å². The van der Waals surface area contributed by atoms with Crippen molar-refractivity contribution < 1.29 is 27.1 Å². The first-order valence-electron chi connectivity index (χ1n) is 8.86. The van der Waals surface area contributed by atoms with E-state index in [4.69, 9.17) is 4.74 Å². The molecular formula is C21H17F4N3O2. The van der Waals surface area contributed by atoms with Gasteiger partial charge in [0.15, 0.2) is 0 Å². The molecule has 0 spiro atoms. The first kappa shape index (κ1) is 21.1. The Hall–Kier alpha value is -3.62. The fourth-order valence-electron chi connectivity index (χ4n) is 2.48. The number of carbonyl (C=O) groups excluding carboxylic acids is 1. The third kappa shape index (κ3) is 6.20. The van der Waals surface area contributed by atoms with Crippen LogP contribution in [-0.4, -0.2) is 11.0 Å². The lowest BCUT2D eigenvalue weighted by Gasteiger charge is -2.10. The number of carbonyl (C=O) groups is 1. The standard InChI is InChI=1S/C21H17F4N3O2/c22-17-5-7-18(8-6-17)30-19-9-4-15(12-26-19)13-28-20(29)27-11-14-2-1-3-16(10-14)21(23,24)25/h1-10,12H,11,13H2,(H2,27,28,29). The van der Waals surface area contributed by atoms with Crippen LogP contribution in [0.1, 0.15) is 16.7 Å². The molecule has 0 radical (unpaired) electrons. The number of aromatic nitrogens is 1. The van der Waals surface area contributed by atoms with E-state index in [0.29, 0.717) is 22.8 Å². The number of alkyl halides is 3. The van der Waals surface area contributed by atoms with Crippen molar-refractivity contribution in [3.05, 3.63) is 89.4 Å². The molecule has 0 atom stereocenters. The fraction of sp³-hybridized carbons (Fsp3) is 0.143. The summed E-state index contributed by atoms with van der Waals surface area (Å²) < 4.78 is 56.5. The predicted octanol–water partition coefficient (Wildman–Crippen LogP) is 5.03. The van der Waals surface area contributed by atoms with E-state index in [9.17, 15) is 22.4 Å². The summed E-state index contributed by atoms with van der Waals surface area (Å²) in [6.45, 7) is 0.122. The molecule has 2 aromatic carbocycles. The average molecular weight is 419 g/mol. The van der Waals surface area contributed by atoms with Crippen LogP contribution in [0.3, 0.4) is 0 Å². The average Bonchev–Trinajstić information content (AvgIpc) is 2.73. The van der Waals surface area contributed by atoms with Gasteiger partial charge in [-0.1, -0.05) is 18.2 Å². The number of amides is 2. The summed E-state index contributed by atoms with van der Waals surface area (Å²) in [6, 6.07) is 13.0. The molecule has 3 rings (SSSR count). The Morgan fingerprint density at radius 1 is 0.933 bits per heavy atom. The number of pyridine rings is 1. The van der Waals surface area contributed by atoms with Crippen molar-refractivity contribution in [2.75, 3.05) is 0 Å². The minimum atomic E-state index is -4.43. The predicted molar refractivity (Wildman–Crippen MR) is 101 cm³/mol. The summed E-state index contributed by atoms with van der Waals surface area (Å²) in [5.74, 6) is 0.367. The second-order valence-corrected chi connectivity index (χ2v) is 6.30. The van der Waals surface area contributed by atoms with Crippen molar-refractivity contribution >= 4 is 6.03 Å². The molecule has 0 saturated carbocycles. The number of halogens is 4. The third-order valence-electron chi connectivity index (χ3n) is 3.99. The fourth-order valence-corrected chi connectivity index (χ4v) is 2.48. The van der Waals surface area contributed by atoms with Crippen LogP contribution in [0.2, 0.25) is 0 Å². The number of rotatable bonds is 6. The number of hydrogen-bond donors (Lipinski definition) is 2. The van der Waals surface area contributed by atoms with Crippen LogP contribution in [0, 0.1) is 5.82 Å². The highest BCUT2D eigenvalue weighted by atomic mass is 19.4. The molecule has 30 heavy (non-hydrogen) atoms. The van der Waals surface area contributed by atoms with Gasteiger partial charge in [0.2, 0.25) is 5.88 Å². The van der Waals surface area contributed by atoms with Crippen molar-refractivity contribution in [3.63, 3.8) is 0 Å². The Balaban J connectivity index is 1.46. The Bertz CT molecular complexity index is 990. The van der Waals surface area contributed by atoms with Crippen molar-refractivity contribution in [2.45, 2.75) is 19.3 Å². The summed E-state index contributed by atoms with van der Waals surface area (Å²) in [5, 5.41) is 5.10. The van der Waals surface area contributed by atoms with Crippen molar-refractivity contribution in [3.8, 4) is 11.6 Å². The van der Waals surface area contributed by atoms with Gasteiger partial charge in [0.1, 0.15) is 11.6 Å². The van der Waals surface area contributed by atoms with Gasteiger partial charge in [0.25, 0.3) is 0 Å². The van der Waals surface area contributed by atoms with Crippen LogP contribution >= 0.6 is 0 Å². The zero-order valence-corrected chi connectivity index (χ0v) is 15.5. The maximum absolute atomic E-state index is 12.9. The SMILES string of the molecule is O=C(NCc1ccc(Oc2ccc(F)cc2)nc1)NCc1cccc(C(F)(F)F)c1. The summed E-state index contributed by atoms with van der Waals surface area (Å²) in [6.07, 6.45) is -2.93. The van der Waals surface area contributed by atoms with Gasteiger partial charge in [-0.3, -0.25) is 0 Å². The number of hydrogen-bond acceptors (Lipinski definition) is 3. The zero-order chi connectivity index (χ0) is 21.6. The monoisotopic (exact) mass is 419 g/mol. The Labute approximate surface area is 169 Å². The van der Waals surface area contributed by atoms with Gasteiger partial charge in [-0.05, 0) is 47.5 Å². The molecule has 2 N–H and O–H groups in total. The van der Waals surface area contributed by atoms with Crippen LogP contribution in [0.25, 0.3) is 0 Å². The highest BCUT2D eigenvalue weighted by Gasteiger charge is 2.30. The summed E-state index contributed by atoms with van der Waals surface area (Å²) in [4.78, 5) is 16.0. The number of nitrogens with zero attached hydrogens (tertiary/aromatic N) is 1. The third-order valence-corrected chi connectivity index (χ3v) is 3.99. The summed E-state index contributed by atoms with van der Waals surface area (Å²) in [5.41, 5.74) is 0.260. The normalized spacial score (nSPS) is 11.1. The molecule has 156 valence electrons. The Morgan fingerprint density at radius 2 is 1.63 bits per heavy atom. The molecule has 0 aliphatic heterocycles. The zero-order valence-electron chi connectivity index (χ0n) is 15.5. The number of ether oxygens (including phenoxy) is 1. The lowest BCUT2D eigenvalue weighted by Crippen LogP contribution is -2.34. The first-order chi connectivity index (χ1) is 14.3. The highest BCUT2D eigenvalue weighted by Crippen LogP contribution is 2.29. The molecule has 1 aromatic heterocycles. The molecule has 2 amide bonds. The molecule has 0 aliphatic rings. The second-order valence-electron chi connectivity index (χ2n) is 6.30. The minimum Gasteiger partial charge on any atom is -0.439 e. The van der Waals surface area contributed by atoms with E-state index in [1.807, 2.05) is 0 Å². The molecule has 0 bridgehead atoms. The molecule has 0 unspecified atom stereocenters. The quantitative estimate of drug-likeness (QED) is 0.551. The topological polar surface area (TPSA) is 63.2 Å². The number of nitrogens with one attached hydrogen (secondary N) is 2. The maximum Gasteiger partial charge on any atom is 0.416 e. The van der Waals surface area contributed by atoms with Gasteiger partial charge in [-0.15, -0.1) is 0 Å². The van der Waals surface area contributed by atoms with Crippen LogP contribution in [-0.2, 0) is 19.3 Å². The van der Waals surface area contributed by atoms with Gasteiger partial charge >= 0.3 is 12.2 Å². The van der Waals surface area contributed by atoms with E-state index in [1.165, 1.54) is 42.6 Å². The molecule has 5 nitrogen and oxygen atoms in total. The lowest BCUT2D eigenvalue weighted by atomic mass is 10.1. The van der Waals surface area contributed by atoms with Crippen molar-refractivity contribution in [2.24, 2.45) is 0 Å². The Morgan fingerprint density at radius 3 is 2.27 bits per heavy atom. The largest absolute Gasteiger partial charge is 0.439 e. The maximum atomic E-state index is 12.9. The molecule has 0 aliphatic carbocycles. The summed E-state index contributed by atoms with van der Waals surface area (Å²) >= 11 is 0. The van der Waals surface area contributed by atoms with Gasteiger partial charge in [0.05, 0.1) is 5.56 Å². The van der Waals surface area contributed by atoms with Crippen LogP contribution in [0.4, 0.5) is 22.4 Å². The smallest absolute Gasteiger partial charge is 0.416 e. The molecule has 0 saturated heterocycles. The van der Waals surface area contributed by atoms with E-state index in [2.05, 4.69) is 15.6 Å². The number of urea groups is 1. The minimum absolute atomic E-state index is 0.0432. The molecule has 9 heteroatoms. The highest BCUT2D eigenvalue weighted by molar-refractivity contribution is 5.73. The first-order valence-corrected chi connectivity index (χ1v) is 8.86. The van der Waals surface area contributed by atoms with E-state index in [1.54, 1.807) is 12.1 Å². The van der Waals surface area contributed by atoms with Crippen LogP contribution in [0.5, 0.6) is 11.6 Å². The van der Waals surface area contributed by atoms with Gasteiger partial charge in [-0.25, -0.2) is 14.2 Å². The molecule has 0 fully saturated rings. The van der Waals surface area contributed by atoms with E-state index < -0.39 is 17.8 Å². The van der Waals surface area contributed by atoms with Gasteiger partial charge < -0.3 is 15.4 Å². The van der Waals surface area contributed by atoms with Gasteiger partial charge in [-0.2, -0.15) is 13.2 Å². The lowest BCUT2D eigenvalue weighted by molar-refractivity contribution is -0.137. The van der Waals surface area contributed by atoms with Crippen LogP contribution < -0.4 is 15.4 Å². The second kappa shape index (κ2) is 9.25. The molecule has 3 aromatic rings. The molecular weight excluding hydrogens is 402 g/mol. The summed E-state index contributed by atoms with van der Waals surface area (Å²) in [7, 11) is 0. The van der Waals surface area contributed by atoms with E-state index in [0.717, 1.165) is 12.1 Å². The van der Waals surface area contributed by atoms with Crippen LogP contribution in [0.15, 0.2) is 66.9 Å². The van der Waals surface area contributed by atoms with Crippen molar-refractivity contribution in [1.29, 1.82) is 0 Å².